The summed E-state index contributed by atoms with van der Waals surface area (Å²) in [6.07, 6.45) is 0.856. The molecule has 5 nitrogen and oxygen atoms in total. The first kappa shape index (κ1) is 10.4. The van der Waals surface area contributed by atoms with Gasteiger partial charge in [-0.1, -0.05) is 13.2 Å². The molecule has 0 rings (SSSR count). The number of hydrogen-bond donors (Lipinski definition) is 0. The maximum absolute atomic E-state index is 10.5. The molecule has 0 aromatic rings. The summed E-state index contributed by atoms with van der Waals surface area (Å²) in [5, 5.41) is 3.78. The van der Waals surface area contributed by atoms with Crippen molar-refractivity contribution in [1.82, 2.24) is 0 Å². The number of rotatable bonds is 4. The van der Waals surface area contributed by atoms with Gasteiger partial charge in [-0.25, -0.2) is 9.59 Å². The fraction of sp³-hybridized carbons (Fsp3) is 0.143. The molecule has 5 heteroatoms. The van der Waals surface area contributed by atoms with Crippen molar-refractivity contribution in [2.45, 2.75) is 6.92 Å². The quantitative estimate of drug-likeness (QED) is 0.354. The topological polar surface area (TPSA) is 61.8 Å². The Balaban J connectivity index is 3.57. The molecule has 0 aliphatic rings. The van der Waals surface area contributed by atoms with Crippen molar-refractivity contribution >= 4 is 11.9 Å². The summed E-state index contributed by atoms with van der Waals surface area (Å²) in [4.78, 5) is 28.7. The molecule has 0 aromatic carbocycles. The Morgan fingerprint density at radius 3 is 2.33 bits per heavy atom. The molecule has 0 aliphatic carbocycles. The average molecular weight is 172 g/mol. The van der Waals surface area contributed by atoms with E-state index in [4.69, 9.17) is 0 Å². The Labute approximate surface area is 69.1 Å². The van der Waals surface area contributed by atoms with E-state index in [0.717, 1.165) is 6.08 Å². The van der Waals surface area contributed by atoms with Crippen LogP contribution in [0.3, 0.4) is 0 Å². The van der Waals surface area contributed by atoms with Crippen LogP contribution < -0.4 is 0 Å². The lowest BCUT2D eigenvalue weighted by atomic mass is 10.4. The van der Waals surface area contributed by atoms with Crippen LogP contribution in [0.2, 0.25) is 0 Å². The maximum Gasteiger partial charge on any atom is 0.372 e. The first-order valence-electron chi connectivity index (χ1n) is 2.95. The molecule has 0 saturated carbocycles. The Morgan fingerprint density at radius 2 is 1.92 bits per heavy atom. The van der Waals surface area contributed by atoms with Crippen LogP contribution in [-0.2, 0) is 24.4 Å². The zero-order valence-electron chi connectivity index (χ0n) is 6.53. The molecule has 0 N–H and O–H groups in total. The fourth-order valence-corrected chi connectivity index (χ4v) is 0.187. The highest BCUT2D eigenvalue weighted by Crippen LogP contribution is 1.93. The van der Waals surface area contributed by atoms with Crippen LogP contribution in [0.5, 0.6) is 0 Å². The van der Waals surface area contributed by atoms with Gasteiger partial charge in [0.1, 0.15) is 0 Å². The molecule has 0 aromatic heterocycles. The van der Waals surface area contributed by atoms with Gasteiger partial charge in [-0.2, -0.15) is 0 Å². The lowest BCUT2D eigenvalue weighted by molar-refractivity contribution is -0.456. The minimum Gasteiger partial charge on any atom is -0.255 e. The molecular weight excluding hydrogens is 164 g/mol. The molecule has 0 heterocycles. The molecule has 12 heavy (non-hydrogen) atoms. The fourth-order valence-electron chi connectivity index (χ4n) is 0.187. The van der Waals surface area contributed by atoms with Gasteiger partial charge < -0.3 is 0 Å². The minimum atomic E-state index is -0.857. The molecule has 0 fully saturated rings. The van der Waals surface area contributed by atoms with Crippen LogP contribution in [0.4, 0.5) is 0 Å². The monoisotopic (exact) mass is 172 g/mol. The normalized spacial score (nSPS) is 8.42. The summed E-state index contributed by atoms with van der Waals surface area (Å²) in [6, 6.07) is 0. The van der Waals surface area contributed by atoms with Gasteiger partial charge in [0, 0.05) is 16.7 Å². The number of carbonyl (C=O) groups is 2. The van der Waals surface area contributed by atoms with Gasteiger partial charge in [-0.05, 0) is 6.92 Å². The van der Waals surface area contributed by atoms with E-state index in [1.54, 1.807) is 0 Å². The van der Waals surface area contributed by atoms with Crippen molar-refractivity contribution in [2.75, 3.05) is 0 Å². The summed E-state index contributed by atoms with van der Waals surface area (Å²) in [7, 11) is 0. The van der Waals surface area contributed by atoms with Crippen LogP contribution in [0.25, 0.3) is 0 Å². The predicted molar refractivity (Wildman–Crippen MR) is 38.3 cm³/mol. The van der Waals surface area contributed by atoms with Crippen molar-refractivity contribution < 1.29 is 24.4 Å². The average Bonchev–Trinajstić information content (AvgIpc) is 2.03. The Kier molecular flexibility index (Phi) is 4.40. The van der Waals surface area contributed by atoms with Crippen LogP contribution in [-0.4, -0.2) is 11.9 Å². The predicted octanol–water partition coefficient (Wildman–Crippen LogP) is 0.681. The van der Waals surface area contributed by atoms with Crippen LogP contribution in [0, 0.1) is 0 Å². The van der Waals surface area contributed by atoms with E-state index in [1.807, 2.05) is 0 Å². The smallest absolute Gasteiger partial charge is 0.255 e. The van der Waals surface area contributed by atoms with Crippen molar-refractivity contribution in [3.05, 3.63) is 24.8 Å². The summed E-state index contributed by atoms with van der Waals surface area (Å²) >= 11 is 0. The Hall–Kier alpha value is -1.62. The molecular formula is C7H8O5. The summed E-state index contributed by atoms with van der Waals surface area (Å²) in [5.41, 5.74) is 0.129. The van der Waals surface area contributed by atoms with Crippen LogP contribution in [0.15, 0.2) is 24.8 Å². The van der Waals surface area contributed by atoms with E-state index < -0.39 is 11.9 Å². The lowest BCUT2D eigenvalue weighted by Gasteiger charge is -1.98. The molecule has 0 radical (unpaired) electrons. The van der Waals surface area contributed by atoms with E-state index in [9.17, 15) is 9.59 Å². The van der Waals surface area contributed by atoms with Gasteiger partial charge in [0.2, 0.25) is 0 Å². The highest BCUT2D eigenvalue weighted by Gasteiger charge is 2.05. The van der Waals surface area contributed by atoms with Crippen LogP contribution >= 0.6 is 0 Å². The van der Waals surface area contributed by atoms with Gasteiger partial charge in [0.15, 0.2) is 0 Å². The van der Waals surface area contributed by atoms with E-state index in [-0.39, 0.29) is 5.57 Å². The minimum absolute atomic E-state index is 0.129. The van der Waals surface area contributed by atoms with Gasteiger partial charge >= 0.3 is 11.9 Å². The molecule has 0 aliphatic heterocycles. The van der Waals surface area contributed by atoms with Crippen LogP contribution in [0.1, 0.15) is 6.92 Å². The molecule has 0 saturated heterocycles. The molecule has 0 spiro atoms. The van der Waals surface area contributed by atoms with Gasteiger partial charge in [0.25, 0.3) is 0 Å². The standard InChI is InChI=1S/C7H8O5/c1-4-6(8)10-12-11-7(9)5(2)3/h4H,1-2H2,3H3. The largest absolute Gasteiger partial charge is 0.372 e. The second-order valence-corrected chi connectivity index (χ2v) is 1.83. The molecule has 0 atom stereocenters. The summed E-state index contributed by atoms with van der Waals surface area (Å²) in [6.45, 7) is 7.76. The Morgan fingerprint density at radius 1 is 1.33 bits per heavy atom. The summed E-state index contributed by atoms with van der Waals surface area (Å²) in [5.74, 6) is -1.67. The zero-order chi connectivity index (χ0) is 9.56. The molecule has 0 unspecified atom stereocenters. The van der Waals surface area contributed by atoms with Crippen molar-refractivity contribution in [3.8, 4) is 0 Å². The zero-order valence-corrected chi connectivity index (χ0v) is 6.53. The van der Waals surface area contributed by atoms with Gasteiger partial charge in [-0.15, -0.1) is 0 Å². The third-order valence-corrected chi connectivity index (χ3v) is 0.741. The third kappa shape index (κ3) is 4.24. The Bertz CT molecular complexity index is 218. The van der Waals surface area contributed by atoms with Gasteiger partial charge in [-0.3, -0.25) is 9.78 Å². The molecule has 0 amide bonds. The highest BCUT2D eigenvalue weighted by molar-refractivity contribution is 5.86. The SMILES string of the molecule is C=CC(=O)OOOC(=O)C(=C)C. The van der Waals surface area contributed by atoms with Crippen molar-refractivity contribution in [2.24, 2.45) is 0 Å². The molecule has 0 bridgehead atoms. The number of carbonyl (C=O) groups excluding carboxylic acids is 2. The van der Waals surface area contributed by atoms with Crippen molar-refractivity contribution in [1.29, 1.82) is 0 Å². The molecule has 66 valence electrons. The van der Waals surface area contributed by atoms with E-state index in [2.05, 4.69) is 28.0 Å². The maximum atomic E-state index is 10.5. The van der Waals surface area contributed by atoms with E-state index >= 15 is 0 Å². The van der Waals surface area contributed by atoms with Crippen molar-refractivity contribution in [3.63, 3.8) is 0 Å². The summed E-state index contributed by atoms with van der Waals surface area (Å²) < 4.78 is 0. The second-order valence-electron chi connectivity index (χ2n) is 1.83. The number of hydrogen-bond acceptors (Lipinski definition) is 5. The first-order chi connectivity index (χ1) is 5.57. The first-order valence-corrected chi connectivity index (χ1v) is 2.95. The van der Waals surface area contributed by atoms with E-state index in [1.165, 1.54) is 6.92 Å². The third-order valence-electron chi connectivity index (χ3n) is 0.741. The highest BCUT2D eigenvalue weighted by atomic mass is 17.5. The van der Waals surface area contributed by atoms with E-state index in [0.29, 0.717) is 0 Å². The second kappa shape index (κ2) is 5.09. The van der Waals surface area contributed by atoms with Gasteiger partial charge in [0.05, 0.1) is 0 Å². The lowest BCUT2D eigenvalue weighted by Crippen LogP contribution is -2.09.